The fourth-order valence-corrected chi connectivity index (χ4v) is 0.800. The highest BCUT2D eigenvalue weighted by atomic mass is 16.5. The molecule has 0 radical (unpaired) electrons. The number of carbonyl (C=O) groups is 1. The Labute approximate surface area is 64.6 Å². The van der Waals surface area contributed by atoms with Gasteiger partial charge in [0.2, 0.25) is 11.5 Å². The molecule has 0 aromatic carbocycles. The predicted octanol–water partition coefficient (Wildman–Crippen LogP) is 0.385. The minimum Gasteiger partial charge on any atom is -0.353 e. The van der Waals surface area contributed by atoms with Crippen molar-refractivity contribution in [1.82, 2.24) is 10.5 Å². The number of nitrogens with zero attached hydrogens (tertiary/aromatic N) is 1. The van der Waals surface area contributed by atoms with Crippen molar-refractivity contribution in [2.75, 3.05) is 13.6 Å². The predicted molar refractivity (Wildman–Crippen MR) is 39.5 cm³/mol. The summed E-state index contributed by atoms with van der Waals surface area (Å²) < 4.78 is 4.74. The van der Waals surface area contributed by atoms with E-state index in [0.717, 1.165) is 5.56 Å². The van der Waals surface area contributed by atoms with Gasteiger partial charge in [-0.1, -0.05) is 5.16 Å². The molecule has 0 fully saturated rings. The largest absolute Gasteiger partial charge is 0.353 e. The third-order valence-electron chi connectivity index (χ3n) is 1.34. The normalized spacial score (nSPS) is 10.0. The highest BCUT2D eigenvalue weighted by Gasteiger charge is 2.11. The molecule has 4 heteroatoms. The monoisotopic (exact) mass is 154 g/mol. The van der Waals surface area contributed by atoms with Crippen LogP contribution in [0.5, 0.6) is 0 Å². The van der Waals surface area contributed by atoms with Crippen LogP contribution in [0.1, 0.15) is 16.1 Å². The molecule has 0 bridgehead atoms. The van der Waals surface area contributed by atoms with Crippen LogP contribution in [0.25, 0.3) is 0 Å². The molecule has 0 unspecified atom stereocenters. The van der Waals surface area contributed by atoms with E-state index in [0.29, 0.717) is 5.76 Å². The maximum Gasteiger partial charge on any atom is 0.214 e. The highest BCUT2D eigenvalue weighted by Crippen LogP contribution is 2.05. The van der Waals surface area contributed by atoms with Gasteiger partial charge >= 0.3 is 0 Å². The number of likely N-dealkylation sites (N-methyl/N-ethyl adjacent to an activating group) is 1. The number of Topliss-reactive ketones (excluding diaryl/α,β-unsaturated/α-hetero) is 1. The molecule has 0 amide bonds. The van der Waals surface area contributed by atoms with Crippen molar-refractivity contribution < 1.29 is 9.32 Å². The molecule has 0 aliphatic carbocycles. The smallest absolute Gasteiger partial charge is 0.214 e. The van der Waals surface area contributed by atoms with Crippen LogP contribution < -0.4 is 5.32 Å². The highest BCUT2D eigenvalue weighted by molar-refractivity contribution is 5.96. The average Bonchev–Trinajstić information content (AvgIpc) is 2.36. The molecule has 11 heavy (non-hydrogen) atoms. The fourth-order valence-electron chi connectivity index (χ4n) is 0.800. The first-order chi connectivity index (χ1) is 5.25. The topological polar surface area (TPSA) is 55.1 Å². The van der Waals surface area contributed by atoms with Crippen LogP contribution in [0.2, 0.25) is 0 Å². The van der Waals surface area contributed by atoms with Crippen molar-refractivity contribution in [3.05, 3.63) is 17.5 Å². The molecule has 0 aliphatic rings. The Balaban J connectivity index is 2.76. The SMILES string of the molecule is CNCC(=O)c1oncc1C. The minimum absolute atomic E-state index is 0.0671. The summed E-state index contributed by atoms with van der Waals surface area (Å²) in [5, 5.41) is 6.25. The van der Waals surface area contributed by atoms with Crippen LogP contribution in [-0.4, -0.2) is 24.5 Å². The summed E-state index contributed by atoms with van der Waals surface area (Å²) in [5.74, 6) is 0.279. The first-order valence-electron chi connectivity index (χ1n) is 3.34. The van der Waals surface area contributed by atoms with Gasteiger partial charge in [-0.2, -0.15) is 0 Å². The van der Waals surface area contributed by atoms with Gasteiger partial charge in [-0.15, -0.1) is 0 Å². The van der Waals surface area contributed by atoms with Crippen molar-refractivity contribution in [1.29, 1.82) is 0 Å². The molecule has 1 aromatic rings. The molecule has 60 valence electrons. The molecule has 0 saturated heterocycles. The zero-order chi connectivity index (χ0) is 8.27. The molecule has 0 atom stereocenters. The number of nitrogens with one attached hydrogen (secondary N) is 1. The third kappa shape index (κ3) is 1.65. The average molecular weight is 154 g/mol. The van der Waals surface area contributed by atoms with Gasteiger partial charge in [-0.25, -0.2) is 0 Å². The van der Waals surface area contributed by atoms with Gasteiger partial charge in [-0.05, 0) is 14.0 Å². The van der Waals surface area contributed by atoms with E-state index in [1.165, 1.54) is 6.20 Å². The molecule has 1 heterocycles. The summed E-state index contributed by atoms with van der Waals surface area (Å²) in [6, 6.07) is 0. The Kier molecular flexibility index (Phi) is 2.38. The second-order valence-corrected chi connectivity index (χ2v) is 2.29. The summed E-state index contributed by atoms with van der Waals surface area (Å²) in [5.41, 5.74) is 0.783. The van der Waals surface area contributed by atoms with Gasteiger partial charge in [-0.3, -0.25) is 4.79 Å². The summed E-state index contributed by atoms with van der Waals surface area (Å²) in [4.78, 5) is 11.1. The lowest BCUT2D eigenvalue weighted by atomic mass is 10.2. The van der Waals surface area contributed by atoms with Gasteiger partial charge < -0.3 is 9.84 Å². The van der Waals surface area contributed by atoms with E-state index in [4.69, 9.17) is 4.52 Å². The number of hydrogen-bond donors (Lipinski definition) is 1. The molecular formula is C7H10N2O2. The van der Waals surface area contributed by atoms with Gasteiger partial charge in [0.25, 0.3) is 0 Å². The molecule has 0 saturated carbocycles. The van der Waals surface area contributed by atoms with Crippen LogP contribution in [0.4, 0.5) is 0 Å². The first-order valence-corrected chi connectivity index (χ1v) is 3.34. The Hall–Kier alpha value is -1.16. The van der Waals surface area contributed by atoms with Crippen molar-refractivity contribution in [2.24, 2.45) is 0 Å². The van der Waals surface area contributed by atoms with Crippen LogP contribution in [0, 0.1) is 6.92 Å². The molecule has 4 nitrogen and oxygen atoms in total. The number of rotatable bonds is 3. The van der Waals surface area contributed by atoms with E-state index in [-0.39, 0.29) is 12.3 Å². The lowest BCUT2D eigenvalue weighted by Gasteiger charge is -1.93. The van der Waals surface area contributed by atoms with Crippen molar-refractivity contribution in [3.63, 3.8) is 0 Å². The second-order valence-electron chi connectivity index (χ2n) is 2.29. The van der Waals surface area contributed by atoms with E-state index in [1.54, 1.807) is 14.0 Å². The van der Waals surface area contributed by atoms with Crippen molar-refractivity contribution in [3.8, 4) is 0 Å². The molecular weight excluding hydrogens is 144 g/mol. The Bertz CT molecular complexity index is 255. The molecule has 0 aliphatic heterocycles. The van der Waals surface area contributed by atoms with Gasteiger partial charge in [0, 0.05) is 5.56 Å². The van der Waals surface area contributed by atoms with Gasteiger partial charge in [0.05, 0.1) is 12.7 Å². The fraction of sp³-hybridized carbons (Fsp3) is 0.429. The van der Waals surface area contributed by atoms with E-state index >= 15 is 0 Å². The summed E-state index contributed by atoms with van der Waals surface area (Å²) in [7, 11) is 1.71. The number of ketones is 1. The maximum atomic E-state index is 11.1. The Morgan fingerprint density at radius 1 is 1.82 bits per heavy atom. The third-order valence-corrected chi connectivity index (χ3v) is 1.34. The molecule has 1 rings (SSSR count). The van der Waals surface area contributed by atoms with E-state index in [9.17, 15) is 4.79 Å². The number of aryl methyl sites for hydroxylation is 1. The lowest BCUT2D eigenvalue weighted by Crippen LogP contribution is -2.18. The standard InChI is InChI=1S/C7H10N2O2/c1-5-3-9-11-7(5)6(10)4-8-2/h3,8H,4H2,1-2H3. The van der Waals surface area contributed by atoms with Crippen LogP contribution in [-0.2, 0) is 0 Å². The molecule has 1 aromatic heterocycles. The van der Waals surface area contributed by atoms with Crippen LogP contribution in [0.3, 0.4) is 0 Å². The van der Waals surface area contributed by atoms with E-state index in [1.807, 2.05) is 0 Å². The summed E-state index contributed by atoms with van der Waals surface area (Å²) >= 11 is 0. The van der Waals surface area contributed by atoms with Crippen LogP contribution in [0.15, 0.2) is 10.7 Å². The Morgan fingerprint density at radius 3 is 3.00 bits per heavy atom. The Morgan fingerprint density at radius 2 is 2.55 bits per heavy atom. The quantitative estimate of drug-likeness (QED) is 0.640. The second kappa shape index (κ2) is 3.30. The van der Waals surface area contributed by atoms with Gasteiger partial charge in [0.15, 0.2) is 0 Å². The maximum absolute atomic E-state index is 11.1. The minimum atomic E-state index is -0.0671. The molecule has 1 N–H and O–H groups in total. The summed E-state index contributed by atoms with van der Waals surface area (Å²) in [6.07, 6.45) is 1.53. The van der Waals surface area contributed by atoms with Crippen LogP contribution >= 0.6 is 0 Å². The lowest BCUT2D eigenvalue weighted by molar-refractivity contribution is 0.0957. The zero-order valence-electron chi connectivity index (χ0n) is 6.55. The van der Waals surface area contributed by atoms with E-state index in [2.05, 4.69) is 10.5 Å². The van der Waals surface area contributed by atoms with Gasteiger partial charge in [0.1, 0.15) is 0 Å². The van der Waals surface area contributed by atoms with E-state index < -0.39 is 0 Å². The molecule has 0 spiro atoms. The van der Waals surface area contributed by atoms with Crippen molar-refractivity contribution >= 4 is 5.78 Å². The zero-order valence-corrected chi connectivity index (χ0v) is 6.55. The number of carbonyl (C=O) groups excluding carboxylic acids is 1. The first kappa shape index (κ1) is 7.94. The number of hydrogen-bond acceptors (Lipinski definition) is 4. The number of aromatic nitrogens is 1. The van der Waals surface area contributed by atoms with Crippen molar-refractivity contribution in [2.45, 2.75) is 6.92 Å². The summed E-state index contributed by atoms with van der Waals surface area (Å²) in [6.45, 7) is 2.08.